The fourth-order valence-corrected chi connectivity index (χ4v) is 1.92. The molecule has 2 rings (SSSR count). The number of nitrogens with one attached hydrogen (secondary N) is 1. The molecule has 21 heavy (non-hydrogen) atoms. The zero-order valence-corrected chi connectivity index (χ0v) is 12.6. The Morgan fingerprint density at radius 1 is 1.05 bits per heavy atom. The first-order chi connectivity index (χ1) is 10.1. The van der Waals surface area contributed by atoms with Crippen molar-refractivity contribution in [3.8, 4) is 5.75 Å². The predicted molar refractivity (Wildman–Crippen MR) is 86.3 cm³/mol. The molecule has 0 fully saturated rings. The zero-order valence-electron chi connectivity index (χ0n) is 12.6. The van der Waals surface area contributed by atoms with Crippen LogP contribution in [-0.4, -0.2) is 26.6 Å². The van der Waals surface area contributed by atoms with Crippen LogP contribution in [0.5, 0.6) is 5.75 Å². The van der Waals surface area contributed by atoms with Gasteiger partial charge in [0.05, 0.1) is 6.61 Å². The minimum atomic E-state index is -0.121. The van der Waals surface area contributed by atoms with Crippen LogP contribution in [0.2, 0.25) is 0 Å². The number of anilines is 2. The highest BCUT2D eigenvalue weighted by atomic mass is 16.5. The maximum Gasteiger partial charge on any atom is 0.255 e. The average Bonchev–Trinajstić information content (AvgIpc) is 2.49. The second-order valence-corrected chi connectivity index (χ2v) is 4.85. The number of carbonyl (C=O) groups excluding carboxylic acids is 1. The van der Waals surface area contributed by atoms with Gasteiger partial charge in [0.1, 0.15) is 5.75 Å². The molecule has 1 amide bonds. The van der Waals surface area contributed by atoms with E-state index in [4.69, 9.17) is 4.74 Å². The van der Waals surface area contributed by atoms with Crippen molar-refractivity contribution < 1.29 is 9.53 Å². The summed E-state index contributed by atoms with van der Waals surface area (Å²) in [5, 5.41) is 2.87. The largest absolute Gasteiger partial charge is 0.494 e. The minimum Gasteiger partial charge on any atom is -0.494 e. The van der Waals surface area contributed by atoms with Gasteiger partial charge in [-0.15, -0.1) is 0 Å². The fraction of sp³-hybridized carbons (Fsp3) is 0.235. The molecular formula is C17H20N2O2. The number of benzene rings is 2. The van der Waals surface area contributed by atoms with E-state index in [0.29, 0.717) is 12.2 Å². The van der Waals surface area contributed by atoms with Gasteiger partial charge in [0.2, 0.25) is 0 Å². The third-order valence-electron chi connectivity index (χ3n) is 3.07. The minimum absolute atomic E-state index is 0.121. The Morgan fingerprint density at radius 3 is 2.19 bits per heavy atom. The van der Waals surface area contributed by atoms with Gasteiger partial charge in [-0.25, -0.2) is 0 Å². The topological polar surface area (TPSA) is 41.6 Å². The summed E-state index contributed by atoms with van der Waals surface area (Å²) in [6, 6.07) is 14.8. The molecule has 2 aromatic carbocycles. The molecule has 0 unspecified atom stereocenters. The summed E-state index contributed by atoms with van der Waals surface area (Å²) in [5.41, 5.74) is 2.45. The van der Waals surface area contributed by atoms with Crippen LogP contribution in [0.1, 0.15) is 17.3 Å². The summed E-state index contributed by atoms with van der Waals surface area (Å²) < 4.78 is 5.37. The van der Waals surface area contributed by atoms with E-state index < -0.39 is 0 Å². The van der Waals surface area contributed by atoms with Gasteiger partial charge in [0.25, 0.3) is 5.91 Å². The quantitative estimate of drug-likeness (QED) is 0.915. The van der Waals surface area contributed by atoms with Gasteiger partial charge in [-0.05, 0) is 55.5 Å². The van der Waals surface area contributed by atoms with E-state index in [0.717, 1.165) is 17.1 Å². The van der Waals surface area contributed by atoms with Crippen molar-refractivity contribution in [2.75, 3.05) is 30.9 Å². The van der Waals surface area contributed by atoms with Gasteiger partial charge in [0, 0.05) is 31.0 Å². The van der Waals surface area contributed by atoms with Crippen molar-refractivity contribution >= 4 is 17.3 Å². The molecule has 0 heterocycles. The van der Waals surface area contributed by atoms with E-state index >= 15 is 0 Å². The van der Waals surface area contributed by atoms with Crippen LogP contribution in [0, 0.1) is 0 Å². The summed E-state index contributed by atoms with van der Waals surface area (Å²) in [5.74, 6) is 0.676. The highest BCUT2D eigenvalue weighted by Gasteiger charge is 2.06. The number of hydrogen-bond donors (Lipinski definition) is 1. The predicted octanol–water partition coefficient (Wildman–Crippen LogP) is 3.40. The Labute approximate surface area is 125 Å². The summed E-state index contributed by atoms with van der Waals surface area (Å²) in [7, 11) is 3.93. The SMILES string of the molecule is CCOc1ccc(NC(=O)c2ccc(N(C)C)cc2)cc1. The first kappa shape index (κ1) is 14.9. The summed E-state index contributed by atoms with van der Waals surface area (Å²) in [4.78, 5) is 14.1. The van der Waals surface area contributed by atoms with E-state index in [-0.39, 0.29) is 5.91 Å². The molecule has 2 aromatic rings. The highest BCUT2D eigenvalue weighted by molar-refractivity contribution is 6.04. The normalized spacial score (nSPS) is 10.0. The molecule has 0 aliphatic heterocycles. The molecule has 0 bridgehead atoms. The van der Waals surface area contributed by atoms with Crippen molar-refractivity contribution in [2.24, 2.45) is 0 Å². The smallest absolute Gasteiger partial charge is 0.255 e. The van der Waals surface area contributed by atoms with Gasteiger partial charge in [-0.1, -0.05) is 0 Å². The van der Waals surface area contributed by atoms with E-state index in [1.54, 1.807) is 0 Å². The maximum atomic E-state index is 12.1. The van der Waals surface area contributed by atoms with E-state index in [1.165, 1.54) is 0 Å². The van der Waals surface area contributed by atoms with E-state index in [1.807, 2.05) is 74.4 Å². The number of carbonyl (C=O) groups is 1. The number of nitrogens with zero attached hydrogens (tertiary/aromatic N) is 1. The highest BCUT2D eigenvalue weighted by Crippen LogP contribution is 2.17. The Morgan fingerprint density at radius 2 is 1.67 bits per heavy atom. The van der Waals surface area contributed by atoms with Gasteiger partial charge in [0.15, 0.2) is 0 Å². The van der Waals surface area contributed by atoms with Gasteiger partial charge < -0.3 is 15.0 Å². The second kappa shape index (κ2) is 6.79. The first-order valence-corrected chi connectivity index (χ1v) is 6.91. The summed E-state index contributed by atoms with van der Waals surface area (Å²) >= 11 is 0. The molecule has 0 spiro atoms. The molecule has 4 nitrogen and oxygen atoms in total. The Bertz CT molecular complexity index is 589. The van der Waals surface area contributed by atoms with E-state index in [9.17, 15) is 4.79 Å². The van der Waals surface area contributed by atoms with Crippen LogP contribution in [0.25, 0.3) is 0 Å². The number of amides is 1. The number of hydrogen-bond acceptors (Lipinski definition) is 3. The molecule has 110 valence electrons. The van der Waals surface area contributed by atoms with Crippen LogP contribution in [0.4, 0.5) is 11.4 Å². The lowest BCUT2D eigenvalue weighted by molar-refractivity contribution is 0.102. The molecule has 1 N–H and O–H groups in total. The molecule has 0 aromatic heterocycles. The zero-order chi connectivity index (χ0) is 15.2. The molecule has 0 radical (unpaired) electrons. The van der Waals surface area contributed by atoms with Gasteiger partial charge in [-0.2, -0.15) is 0 Å². The summed E-state index contributed by atoms with van der Waals surface area (Å²) in [6.45, 7) is 2.57. The Balaban J connectivity index is 2.03. The Hall–Kier alpha value is -2.49. The van der Waals surface area contributed by atoms with Crippen molar-refractivity contribution in [3.63, 3.8) is 0 Å². The molecular weight excluding hydrogens is 264 g/mol. The lowest BCUT2D eigenvalue weighted by Crippen LogP contribution is -2.13. The van der Waals surface area contributed by atoms with Crippen molar-refractivity contribution in [3.05, 3.63) is 54.1 Å². The molecule has 0 aliphatic carbocycles. The summed E-state index contributed by atoms with van der Waals surface area (Å²) in [6.07, 6.45) is 0. The van der Waals surface area contributed by atoms with Crippen LogP contribution < -0.4 is 15.0 Å². The Kier molecular flexibility index (Phi) is 4.82. The number of ether oxygens (including phenoxy) is 1. The lowest BCUT2D eigenvalue weighted by atomic mass is 10.2. The van der Waals surface area contributed by atoms with Crippen molar-refractivity contribution in [2.45, 2.75) is 6.92 Å². The van der Waals surface area contributed by atoms with Crippen molar-refractivity contribution in [1.29, 1.82) is 0 Å². The molecule has 0 saturated heterocycles. The fourth-order valence-electron chi connectivity index (χ4n) is 1.92. The van der Waals surface area contributed by atoms with Crippen LogP contribution in [0.15, 0.2) is 48.5 Å². The lowest BCUT2D eigenvalue weighted by Gasteiger charge is -2.12. The van der Waals surface area contributed by atoms with Gasteiger partial charge in [-0.3, -0.25) is 4.79 Å². The van der Waals surface area contributed by atoms with Crippen LogP contribution >= 0.6 is 0 Å². The third kappa shape index (κ3) is 3.99. The number of rotatable bonds is 5. The van der Waals surface area contributed by atoms with E-state index in [2.05, 4.69) is 5.32 Å². The standard InChI is InChI=1S/C17H20N2O2/c1-4-21-16-11-7-14(8-12-16)18-17(20)13-5-9-15(10-6-13)19(2)3/h5-12H,4H2,1-3H3,(H,18,20). The maximum absolute atomic E-state index is 12.1. The van der Waals surface area contributed by atoms with Crippen LogP contribution in [-0.2, 0) is 0 Å². The molecule has 0 saturated carbocycles. The van der Waals surface area contributed by atoms with Crippen LogP contribution in [0.3, 0.4) is 0 Å². The third-order valence-corrected chi connectivity index (χ3v) is 3.07. The molecule has 4 heteroatoms. The van der Waals surface area contributed by atoms with Gasteiger partial charge >= 0.3 is 0 Å². The molecule has 0 aliphatic rings. The average molecular weight is 284 g/mol. The second-order valence-electron chi connectivity index (χ2n) is 4.85. The molecule has 0 atom stereocenters. The first-order valence-electron chi connectivity index (χ1n) is 6.91. The monoisotopic (exact) mass is 284 g/mol. The van der Waals surface area contributed by atoms with Crippen molar-refractivity contribution in [1.82, 2.24) is 0 Å².